The van der Waals surface area contributed by atoms with Crippen LogP contribution in [0.15, 0.2) is 42.5 Å². The Bertz CT molecular complexity index is 1560. The van der Waals surface area contributed by atoms with Gasteiger partial charge in [-0.1, -0.05) is 43.2 Å². The van der Waals surface area contributed by atoms with Crippen molar-refractivity contribution in [3.05, 3.63) is 59.7 Å². The average molecular weight is 608 g/mol. The fourth-order valence-corrected chi connectivity index (χ4v) is 6.69. The molecule has 0 bridgehead atoms. The summed E-state index contributed by atoms with van der Waals surface area (Å²) in [7, 11) is 1.46. The minimum absolute atomic E-state index is 0.166. The van der Waals surface area contributed by atoms with Crippen LogP contribution >= 0.6 is 0 Å². The number of nitrogens with zero attached hydrogens (tertiary/aromatic N) is 4. The van der Waals surface area contributed by atoms with Gasteiger partial charge >= 0.3 is 6.09 Å². The Hall–Kier alpha value is -4.73. The summed E-state index contributed by atoms with van der Waals surface area (Å²) in [6.07, 6.45) is 1.23. The highest BCUT2D eigenvalue weighted by Crippen LogP contribution is 2.43. The summed E-state index contributed by atoms with van der Waals surface area (Å²) in [5, 5.41) is 22.5. The monoisotopic (exact) mass is 607 g/mol. The molecule has 2 N–H and O–H groups in total. The molecular weight excluding hydrogens is 576 g/mol. The number of fused-ring (bicyclic) bond motifs is 1. The number of nitriles is 1. The third kappa shape index (κ3) is 5.08. The molecule has 3 aliphatic heterocycles. The van der Waals surface area contributed by atoms with E-state index in [-0.39, 0.29) is 36.7 Å². The van der Waals surface area contributed by atoms with Gasteiger partial charge in [-0.15, -0.1) is 0 Å². The van der Waals surface area contributed by atoms with Crippen molar-refractivity contribution in [1.29, 1.82) is 5.26 Å². The molecule has 1 unspecified atom stereocenters. The minimum atomic E-state index is -1.77. The first-order valence-corrected chi connectivity index (χ1v) is 14.6. The quantitative estimate of drug-likeness (QED) is 0.510. The molecule has 2 aromatic carbocycles. The first-order chi connectivity index (χ1) is 21.0. The van der Waals surface area contributed by atoms with E-state index in [1.165, 1.54) is 16.8 Å². The van der Waals surface area contributed by atoms with Crippen molar-refractivity contribution in [3.63, 3.8) is 0 Å². The molecule has 1 saturated carbocycles. The largest absolute Gasteiger partial charge is 0.473 e. The fourth-order valence-electron chi connectivity index (χ4n) is 6.69. The molecule has 230 valence electrons. The smallest absolute Gasteiger partial charge is 0.408 e. The lowest BCUT2D eigenvalue weighted by atomic mass is 9.97. The second-order valence-corrected chi connectivity index (χ2v) is 12.0. The van der Waals surface area contributed by atoms with E-state index in [1.807, 2.05) is 24.3 Å². The molecule has 44 heavy (non-hydrogen) atoms. The number of rotatable bonds is 6. The van der Waals surface area contributed by atoms with Gasteiger partial charge in [0.1, 0.15) is 29.6 Å². The summed E-state index contributed by atoms with van der Waals surface area (Å²) < 4.78 is 34.1. The number of ether oxygens (including phenoxy) is 1. The number of amides is 4. The molecule has 1 spiro atoms. The maximum absolute atomic E-state index is 14.3. The predicted molar refractivity (Wildman–Crippen MR) is 150 cm³/mol. The highest BCUT2D eigenvalue weighted by molar-refractivity contribution is 6.02. The number of benzene rings is 2. The van der Waals surface area contributed by atoms with Crippen molar-refractivity contribution in [2.75, 3.05) is 18.9 Å². The van der Waals surface area contributed by atoms with Gasteiger partial charge in [0.25, 0.3) is 5.91 Å². The first-order valence-electron chi connectivity index (χ1n) is 14.6. The van der Waals surface area contributed by atoms with Gasteiger partial charge in [0, 0.05) is 25.6 Å². The summed E-state index contributed by atoms with van der Waals surface area (Å²) in [5.74, 6) is -3.91. The Labute approximate surface area is 252 Å². The third-order valence-electron chi connectivity index (χ3n) is 9.16. The molecule has 2 aromatic rings. The summed E-state index contributed by atoms with van der Waals surface area (Å²) in [6.45, 7) is -0.378. The zero-order valence-corrected chi connectivity index (χ0v) is 23.9. The molecule has 1 aliphatic carbocycles. The zero-order valence-electron chi connectivity index (χ0n) is 23.9. The zero-order chi connectivity index (χ0) is 31.3. The molecule has 6 rings (SSSR count). The van der Waals surface area contributed by atoms with E-state index in [1.54, 1.807) is 12.1 Å². The van der Waals surface area contributed by atoms with Crippen molar-refractivity contribution in [2.24, 2.45) is 5.92 Å². The van der Waals surface area contributed by atoms with E-state index in [2.05, 4.69) is 5.32 Å². The average Bonchev–Trinajstić information content (AvgIpc) is 3.58. The molecule has 13 heteroatoms. The molecule has 3 fully saturated rings. The number of hydrogen-bond donors (Lipinski definition) is 2. The normalized spacial score (nSPS) is 26.4. The number of anilines is 1. The number of likely N-dealkylation sites (tertiary alicyclic amines) is 2. The summed E-state index contributed by atoms with van der Waals surface area (Å²) in [5.41, 5.74) is -1.33. The number of hydrogen-bond acceptors (Lipinski definition) is 6. The van der Waals surface area contributed by atoms with Crippen LogP contribution in [-0.2, 0) is 14.4 Å². The lowest BCUT2D eigenvalue weighted by Gasteiger charge is -2.36. The topological polar surface area (TPSA) is 143 Å². The SMILES string of the molecule is CN(C(=O)[C@@H]1CC[C@@H](c2ccccc2)N1C(=O)O)C(CC1CC1)C(=O)N1C[C@@]2(C[C@H]1C#N)Oc1cc(F)cc(F)c1NC2=O. The van der Waals surface area contributed by atoms with E-state index in [9.17, 15) is 38.3 Å². The van der Waals surface area contributed by atoms with Crippen LogP contribution < -0.4 is 10.1 Å². The van der Waals surface area contributed by atoms with Crippen LogP contribution in [0.1, 0.15) is 50.1 Å². The van der Waals surface area contributed by atoms with Gasteiger partial charge in [-0.3, -0.25) is 19.3 Å². The van der Waals surface area contributed by atoms with E-state index < -0.39 is 65.2 Å². The van der Waals surface area contributed by atoms with Gasteiger partial charge in [0.05, 0.1) is 18.7 Å². The fraction of sp³-hybridized carbons (Fsp3) is 0.452. The number of nitrogens with one attached hydrogen (secondary N) is 1. The van der Waals surface area contributed by atoms with Crippen molar-refractivity contribution in [1.82, 2.24) is 14.7 Å². The van der Waals surface area contributed by atoms with Crippen LogP contribution in [0.2, 0.25) is 0 Å². The molecule has 4 amide bonds. The Balaban J connectivity index is 1.25. The van der Waals surface area contributed by atoms with Crippen molar-refractivity contribution in [2.45, 2.75) is 68.3 Å². The molecule has 4 aliphatic rings. The number of halogens is 2. The van der Waals surface area contributed by atoms with E-state index in [0.29, 0.717) is 18.9 Å². The number of carbonyl (C=O) groups is 4. The van der Waals surface area contributed by atoms with Gasteiger partial charge in [0.2, 0.25) is 17.4 Å². The molecule has 11 nitrogen and oxygen atoms in total. The molecular formula is C31H31F2N5O6. The lowest BCUT2D eigenvalue weighted by Crippen LogP contribution is -2.57. The van der Waals surface area contributed by atoms with Crippen molar-refractivity contribution < 1.29 is 37.8 Å². The molecule has 0 radical (unpaired) electrons. The first kappa shape index (κ1) is 29.3. The van der Waals surface area contributed by atoms with Crippen LogP contribution in [0.25, 0.3) is 0 Å². The van der Waals surface area contributed by atoms with Gasteiger partial charge in [-0.05, 0) is 30.7 Å². The standard InChI is InChI=1S/C31H31F2N5O6/c1-36(27(39)23-10-9-22(38(23)30(42)43)18-5-3-2-4-6-18)24(11-17-7-8-17)28(40)37-16-31(14-20(37)15-34)29(41)35-26-21(33)12-19(32)13-25(26)44-31/h2-6,12-13,17,20,22-24H,7-11,14,16H2,1H3,(H,35,41)(H,42,43)/t20-,22-,23-,24?,31+/m0/s1. The van der Waals surface area contributed by atoms with Crippen LogP contribution in [0.4, 0.5) is 19.3 Å². The summed E-state index contributed by atoms with van der Waals surface area (Å²) in [6, 6.07) is 8.94. The second-order valence-electron chi connectivity index (χ2n) is 12.0. The Morgan fingerprint density at radius 2 is 1.91 bits per heavy atom. The molecule has 3 heterocycles. The molecule has 0 aromatic heterocycles. The van der Waals surface area contributed by atoms with Crippen LogP contribution in [0.5, 0.6) is 5.75 Å². The van der Waals surface area contributed by atoms with Gasteiger partial charge in [-0.2, -0.15) is 5.26 Å². The Kier molecular flexibility index (Phi) is 7.39. The van der Waals surface area contributed by atoms with E-state index in [4.69, 9.17) is 4.74 Å². The molecule has 2 saturated heterocycles. The van der Waals surface area contributed by atoms with Crippen molar-refractivity contribution >= 4 is 29.5 Å². The minimum Gasteiger partial charge on any atom is -0.473 e. The Morgan fingerprint density at radius 1 is 1.18 bits per heavy atom. The Morgan fingerprint density at radius 3 is 2.57 bits per heavy atom. The van der Waals surface area contributed by atoms with Gasteiger partial charge in [0.15, 0.2) is 11.6 Å². The third-order valence-corrected chi connectivity index (χ3v) is 9.16. The predicted octanol–water partition coefficient (Wildman–Crippen LogP) is 3.67. The van der Waals surface area contributed by atoms with E-state index >= 15 is 0 Å². The number of carboxylic acid groups (broad SMARTS) is 1. The van der Waals surface area contributed by atoms with Crippen LogP contribution in [-0.4, -0.2) is 80.9 Å². The highest BCUT2D eigenvalue weighted by atomic mass is 19.1. The van der Waals surface area contributed by atoms with Crippen molar-refractivity contribution in [3.8, 4) is 11.8 Å². The number of likely N-dealkylation sites (N-methyl/N-ethyl adjacent to an activating group) is 1. The van der Waals surface area contributed by atoms with E-state index in [0.717, 1.165) is 29.4 Å². The maximum Gasteiger partial charge on any atom is 0.408 e. The van der Waals surface area contributed by atoms with Crippen LogP contribution in [0, 0.1) is 28.9 Å². The van der Waals surface area contributed by atoms with Gasteiger partial charge < -0.3 is 25.0 Å². The molecule has 5 atom stereocenters. The highest BCUT2D eigenvalue weighted by Gasteiger charge is 2.57. The van der Waals surface area contributed by atoms with Gasteiger partial charge in [-0.25, -0.2) is 13.6 Å². The van der Waals surface area contributed by atoms with Crippen LogP contribution in [0.3, 0.4) is 0 Å². The summed E-state index contributed by atoms with van der Waals surface area (Å²) >= 11 is 0. The summed E-state index contributed by atoms with van der Waals surface area (Å²) in [4.78, 5) is 57.3. The second kappa shape index (κ2) is 11.1. The number of carbonyl (C=O) groups excluding carboxylic acids is 3. The lowest BCUT2D eigenvalue weighted by molar-refractivity contribution is -0.148. The maximum atomic E-state index is 14.3.